The van der Waals surface area contributed by atoms with Gasteiger partial charge in [0.25, 0.3) is 0 Å². The fraction of sp³-hybridized carbons (Fsp3) is 0.290. The third-order valence-electron chi connectivity index (χ3n) is 6.97. The maximum Gasteiger partial charge on any atom is 0.219 e. The van der Waals surface area contributed by atoms with Crippen molar-refractivity contribution in [2.75, 3.05) is 0 Å². The van der Waals surface area contributed by atoms with Gasteiger partial charge in [-0.15, -0.1) is 0 Å². The number of benzene rings is 3. The second kappa shape index (κ2) is 7.82. The molecule has 3 aromatic carbocycles. The number of pyridine rings is 1. The lowest BCUT2D eigenvalue weighted by molar-refractivity contribution is 0.162. The highest BCUT2D eigenvalue weighted by atomic mass is 16.5. The molecule has 1 aromatic heterocycles. The highest BCUT2D eigenvalue weighted by Crippen LogP contribution is 2.46. The van der Waals surface area contributed by atoms with E-state index in [1.165, 1.54) is 0 Å². The predicted molar refractivity (Wildman–Crippen MR) is 142 cm³/mol. The van der Waals surface area contributed by atoms with Gasteiger partial charge < -0.3 is 14.6 Å². The quantitative estimate of drug-likeness (QED) is 0.344. The molecule has 6 rings (SSSR count). The van der Waals surface area contributed by atoms with Crippen molar-refractivity contribution in [3.05, 3.63) is 94.5 Å². The van der Waals surface area contributed by atoms with E-state index in [0.29, 0.717) is 28.6 Å². The van der Waals surface area contributed by atoms with E-state index < -0.39 is 18.0 Å². The summed E-state index contributed by atoms with van der Waals surface area (Å²) in [6, 6.07) is 20.7. The van der Waals surface area contributed by atoms with Crippen molar-refractivity contribution in [1.82, 2.24) is 4.98 Å². The molecule has 182 valence electrons. The summed E-state index contributed by atoms with van der Waals surface area (Å²) >= 11 is 0. The zero-order valence-corrected chi connectivity index (χ0v) is 21.1. The number of aryl methyl sites for hydroxylation is 1. The topological polar surface area (TPSA) is 63.9 Å². The lowest BCUT2D eigenvalue weighted by Gasteiger charge is -2.21. The molecule has 0 saturated heterocycles. The van der Waals surface area contributed by atoms with Crippen LogP contribution in [0.3, 0.4) is 0 Å². The number of phenols is 1. The summed E-state index contributed by atoms with van der Waals surface area (Å²) in [6.45, 7) is 10.2. The molecule has 0 bridgehead atoms. The number of hydrogen-bond donors (Lipinski definition) is 1. The first-order valence-electron chi connectivity index (χ1n) is 13.2. The van der Waals surface area contributed by atoms with Gasteiger partial charge in [0.2, 0.25) is 11.8 Å². The minimum absolute atomic E-state index is 0.109. The second-order valence-corrected chi connectivity index (χ2v) is 10.9. The van der Waals surface area contributed by atoms with Crippen LogP contribution in [-0.2, 0) is 22.1 Å². The SMILES string of the molecule is [2H]C1([2H])c2ccccc2[C@]2(C)N=C(c3cc(Oc4ccc5cc(C)cc(O)c5n4)cc(C(C)(C)C)c3)O[C@@H]12. The Morgan fingerprint density at radius 3 is 2.69 bits per heavy atom. The Morgan fingerprint density at radius 2 is 1.89 bits per heavy atom. The zero-order chi connectivity index (χ0) is 27.0. The van der Waals surface area contributed by atoms with Crippen LogP contribution in [-0.4, -0.2) is 22.1 Å². The Hall–Kier alpha value is -3.86. The molecule has 5 nitrogen and oxygen atoms in total. The Labute approximate surface area is 214 Å². The molecule has 0 saturated carbocycles. The van der Waals surface area contributed by atoms with Crippen molar-refractivity contribution in [3.8, 4) is 17.4 Å². The van der Waals surface area contributed by atoms with Crippen LogP contribution in [0.25, 0.3) is 10.9 Å². The lowest BCUT2D eigenvalue weighted by atomic mass is 9.86. The van der Waals surface area contributed by atoms with Crippen LogP contribution in [0, 0.1) is 6.92 Å². The summed E-state index contributed by atoms with van der Waals surface area (Å²) < 4.78 is 30.2. The first kappa shape index (κ1) is 20.3. The van der Waals surface area contributed by atoms with Crippen LogP contribution < -0.4 is 4.74 Å². The van der Waals surface area contributed by atoms with Gasteiger partial charge in [-0.05, 0) is 77.9 Å². The number of phenolic OH excluding ortho intramolecular Hbond substituents is 1. The molecular weight excluding hydrogens is 448 g/mol. The van der Waals surface area contributed by atoms with Crippen LogP contribution >= 0.6 is 0 Å². The third-order valence-corrected chi connectivity index (χ3v) is 6.97. The monoisotopic (exact) mass is 480 g/mol. The summed E-state index contributed by atoms with van der Waals surface area (Å²) in [5.74, 6) is 1.42. The number of ether oxygens (including phenoxy) is 2. The van der Waals surface area contributed by atoms with Crippen molar-refractivity contribution in [3.63, 3.8) is 0 Å². The summed E-state index contributed by atoms with van der Waals surface area (Å²) in [6.07, 6.45) is -2.44. The van der Waals surface area contributed by atoms with Crippen molar-refractivity contribution in [1.29, 1.82) is 0 Å². The van der Waals surface area contributed by atoms with Crippen LogP contribution in [0.4, 0.5) is 0 Å². The van der Waals surface area contributed by atoms with E-state index in [1.54, 1.807) is 12.1 Å². The molecule has 4 aromatic rings. The average molecular weight is 481 g/mol. The zero-order valence-electron chi connectivity index (χ0n) is 23.1. The minimum atomic E-state index is -1.67. The van der Waals surface area contributed by atoms with Crippen LogP contribution in [0.1, 0.15) is 58.3 Å². The summed E-state index contributed by atoms with van der Waals surface area (Å²) in [4.78, 5) is 9.52. The number of aromatic nitrogens is 1. The largest absolute Gasteiger partial charge is 0.506 e. The van der Waals surface area contributed by atoms with Gasteiger partial charge in [-0.3, -0.25) is 0 Å². The van der Waals surface area contributed by atoms with E-state index >= 15 is 0 Å². The Bertz CT molecular complexity index is 1640. The molecule has 1 N–H and O–H groups in total. The van der Waals surface area contributed by atoms with Gasteiger partial charge in [-0.1, -0.05) is 45.0 Å². The minimum Gasteiger partial charge on any atom is -0.506 e. The molecule has 36 heavy (non-hydrogen) atoms. The molecule has 1 aliphatic carbocycles. The molecular formula is C31H30N2O3. The number of nitrogens with zero attached hydrogens (tertiary/aromatic N) is 2. The average Bonchev–Trinajstić information content (AvgIpc) is 3.30. The highest BCUT2D eigenvalue weighted by Gasteiger charge is 2.49. The molecule has 0 amide bonds. The summed E-state index contributed by atoms with van der Waals surface area (Å²) in [5.41, 5.74) is 3.62. The highest BCUT2D eigenvalue weighted by molar-refractivity contribution is 5.97. The molecule has 0 spiro atoms. The molecule has 2 aliphatic rings. The first-order valence-corrected chi connectivity index (χ1v) is 12.2. The van der Waals surface area contributed by atoms with Crippen molar-refractivity contribution >= 4 is 16.8 Å². The van der Waals surface area contributed by atoms with Gasteiger partial charge in [0.1, 0.15) is 28.7 Å². The van der Waals surface area contributed by atoms with E-state index in [-0.39, 0.29) is 11.2 Å². The van der Waals surface area contributed by atoms with Gasteiger partial charge in [0.05, 0.1) is 0 Å². The number of hydrogen-bond acceptors (Lipinski definition) is 5. The van der Waals surface area contributed by atoms with E-state index in [2.05, 4.69) is 25.8 Å². The molecule has 0 radical (unpaired) electrons. The standard InChI is InChI=1S/C31H30N2O3/c1-18-12-20-10-11-27(32-28(20)25(34)13-18)35-23-15-21(14-22(17-23)30(2,3)4)29-33-31(5)24-9-7-6-8-19(24)16-26(31)36-29/h6-15,17,26,34H,16H2,1-5H3/t26-,31-/m0/s1/i16D2. The number of rotatable bonds is 3. The maximum atomic E-state index is 10.4. The van der Waals surface area contributed by atoms with Crippen LogP contribution in [0.5, 0.6) is 17.4 Å². The smallest absolute Gasteiger partial charge is 0.219 e. The van der Waals surface area contributed by atoms with Gasteiger partial charge in [-0.25, -0.2) is 9.98 Å². The van der Waals surface area contributed by atoms with E-state index in [4.69, 9.17) is 17.2 Å². The molecule has 0 unspecified atom stereocenters. The summed E-state index contributed by atoms with van der Waals surface area (Å²) in [7, 11) is 0. The fourth-order valence-electron chi connectivity index (χ4n) is 4.95. The van der Waals surface area contributed by atoms with Crippen molar-refractivity contribution in [2.45, 2.75) is 58.0 Å². The number of fused-ring (bicyclic) bond motifs is 4. The normalized spacial score (nSPS) is 22.8. The van der Waals surface area contributed by atoms with Crippen LogP contribution in [0.15, 0.2) is 71.7 Å². The molecule has 1 aliphatic heterocycles. The third kappa shape index (κ3) is 3.70. The second-order valence-electron chi connectivity index (χ2n) is 10.9. The Kier molecular flexibility index (Phi) is 4.42. The van der Waals surface area contributed by atoms with Gasteiger partial charge >= 0.3 is 0 Å². The summed E-state index contributed by atoms with van der Waals surface area (Å²) in [5, 5.41) is 11.3. The maximum absolute atomic E-state index is 10.4. The van der Waals surface area contributed by atoms with E-state index in [1.807, 2.05) is 68.4 Å². The number of aromatic hydroxyl groups is 1. The molecule has 2 atom stereocenters. The van der Waals surface area contributed by atoms with Crippen molar-refractivity contribution in [2.24, 2.45) is 4.99 Å². The van der Waals surface area contributed by atoms with Crippen molar-refractivity contribution < 1.29 is 17.3 Å². The van der Waals surface area contributed by atoms with Gasteiger partial charge in [0, 0.05) is 26.1 Å². The lowest BCUT2D eigenvalue weighted by Crippen LogP contribution is -2.27. The Morgan fingerprint density at radius 1 is 1.08 bits per heavy atom. The predicted octanol–water partition coefficient (Wildman–Crippen LogP) is 6.96. The molecule has 5 heteroatoms. The molecule has 0 fully saturated rings. The number of aliphatic imine (C=N–C) groups is 1. The fourth-order valence-corrected chi connectivity index (χ4v) is 4.95. The Balaban J connectivity index is 1.42. The molecule has 2 heterocycles. The van der Waals surface area contributed by atoms with E-state index in [0.717, 1.165) is 27.6 Å². The van der Waals surface area contributed by atoms with E-state index in [9.17, 15) is 5.11 Å². The van der Waals surface area contributed by atoms with Gasteiger partial charge in [0.15, 0.2) is 0 Å². The van der Waals surface area contributed by atoms with Gasteiger partial charge in [-0.2, -0.15) is 0 Å². The van der Waals surface area contributed by atoms with Crippen LogP contribution in [0.2, 0.25) is 0 Å². The first-order chi connectivity index (χ1) is 17.9.